The van der Waals surface area contributed by atoms with Gasteiger partial charge < -0.3 is 9.47 Å². The van der Waals surface area contributed by atoms with Crippen molar-refractivity contribution in [3.63, 3.8) is 0 Å². The predicted octanol–water partition coefficient (Wildman–Crippen LogP) is 5.12. The van der Waals surface area contributed by atoms with E-state index in [2.05, 4.69) is 0 Å². The average Bonchev–Trinajstić information content (AvgIpc) is 2.57. The van der Waals surface area contributed by atoms with Gasteiger partial charge >= 0.3 is 12.1 Å². The minimum Gasteiger partial charge on any atom is -0.484 e. The summed E-state index contributed by atoms with van der Waals surface area (Å²) in [7, 11) is 0. The molecule has 2 rings (SSSR count). The van der Waals surface area contributed by atoms with E-state index in [1.54, 1.807) is 45.0 Å². The van der Waals surface area contributed by atoms with Gasteiger partial charge in [0.05, 0.1) is 17.2 Å². The van der Waals surface area contributed by atoms with Crippen molar-refractivity contribution in [2.45, 2.75) is 32.5 Å². The van der Waals surface area contributed by atoms with Crippen molar-refractivity contribution in [2.24, 2.45) is 0 Å². The average molecular weight is 377 g/mol. The molecular formula is C20H18F3NO3. The van der Waals surface area contributed by atoms with E-state index in [0.717, 1.165) is 0 Å². The molecule has 0 atom stereocenters. The molecule has 0 N–H and O–H groups in total. The largest absolute Gasteiger partial charge is 0.484 e. The van der Waals surface area contributed by atoms with Gasteiger partial charge in [-0.2, -0.15) is 18.4 Å². The van der Waals surface area contributed by atoms with Gasteiger partial charge in [-0.3, -0.25) is 0 Å². The van der Waals surface area contributed by atoms with Crippen LogP contribution in [-0.2, 0) is 4.74 Å². The Labute approximate surface area is 155 Å². The first-order valence-corrected chi connectivity index (χ1v) is 8.05. The van der Waals surface area contributed by atoms with E-state index < -0.39 is 24.4 Å². The van der Waals surface area contributed by atoms with Crippen LogP contribution < -0.4 is 4.74 Å². The normalized spacial score (nSPS) is 11.6. The second kappa shape index (κ2) is 7.70. The first kappa shape index (κ1) is 20.3. The Balaban J connectivity index is 2.27. The van der Waals surface area contributed by atoms with Gasteiger partial charge in [0.15, 0.2) is 6.61 Å². The van der Waals surface area contributed by atoms with Crippen molar-refractivity contribution in [1.29, 1.82) is 5.26 Å². The number of esters is 1. The zero-order valence-corrected chi connectivity index (χ0v) is 15.1. The molecule has 142 valence electrons. The smallest absolute Gasteiger partial charge is 0.422 e. The van der Waals surface area contributed by atoms with Gasteiger partial charge in [0.1, 0.15) is 11.4 Å². The lowest BCUT2D eigenvalue weighted by molar-refractivity contribution is -0.153. The van der Waals surface area contributed by atoms with Crippen LogP contribution in [0, 0.1) is 11.3 Å². The molecule has 0 radical (unpaired) electrons. The highest BCUT2D eigenvalue weighted by Gasteiger charge is 2.28. The standard InChI is InChI=1S/C20H18F3NO3/c1-19(2,3)27-18(25)15-6-4-14(5-7-15)16-8-13(11-24)9-17(10-16)26-12-20(21,22)23/h4-10H,12H2,1-3H3. The lowest BCUT2D eigenvalue weighted by Gasteiger charge is -2.19. The second-order valence-corrected chi connectivity index (χ2v) is 6.84. The number of benzene rings is 2. The van der Waals surface area contributed by atoms with E-state index in [1.807, 2.05) is 6.07 Å². The van der Waals surface area contributed by atoms with Crippen molar-refractivity contribution in [3.05, 3.63) is 53.6 Å². The first-order chi connectivity index (χ1) is 12.5. The highest BCUT2D eigenvalue weighted by molar-refractivity contribution is 5.90. The molecule has 0 heterocycles. The summed E-state index contributed by atoms with van der Waals surface area (Å²) in [5.41, 5.74) is 1.01. The maximum atomic E-state index is 12.4. The van der Waals surface area contributed by atoms with Gasteiger partial charge in [0.2, 0.25) is 0 Å². The Morgan fingerprint density at radius 1 is 1.04 bits per heavy atom. The van der Waals surface area contributed by atoms with E-state index in [0.29, 0.717) is 16.7 Å². The molecule has 0 unspecified atom stereocenters. The lowest BCUT2D eigenvalue weighted by Crippen LogP contribution is -2.23. The third kappa shape index (κ3) is 6.33. The SMILES string of the molecule is CC(C)(C)OC(=O)c1ccc(-c2cc(C#N)cc(OCC(F)(F)F)c2)cc1. The quantitative estimate of drug-likeness (QED) is 0.694. The third-order valence-corrected chi connectivity index (χ3v) is 3.29. The van der Waals surface area contributed by atoms with E-state index >= 15 is 0 Å². The highest BCUT2D eigenvalue weighted by Crippen LogP contribution is 2.28. The fourth-order valence-electron chi connectivity index (χ4n) is 2.21. The van der Waals surface area contributed by atoms with Crippen LogP contribution in [0.15, 0.2) is 42.5 Å². The molecular weight excluding hydrogens is 359 g/mol. The van der Waals surface area contributed by atoms with E-state index in [-0.39, 0.29) is 11.3 Å². The minimum absolute atomic E-state index is 0.0578. The Hall–Kier alpha value is -3.01. The molecule has 27 heavy (non-hydrogen) atoms. The number of nitrogens with zero attached hydrogens (tertiary/aromatic N) is 1. The van der Waals surface area contributed by atoms with Crippen LogP contribution in [0.3, 0.4) is 0 Å². The van der Waals surface area contributed by atoms with Crippen molar-refractivity contribution in [3.8, 4) is 22.9 Å². The molecule has 4 nitrogen and oxygen atoms in total. The van der Waals surface area contributed by atoms with Crippen LogP contribution >= 0.6 is 0 Å². The summed E-state index contributed by atoms with van der Waals surface area (Å²) >= 11 is 0. The van der Waals surface area contributed by atoms with Gasteiger partial charge in [0, 0.05) is 0 Å². The zero-order valence-electron chi connectivity index (χ0n) is 15.1. The molecule has 0 aliphatic rings. The molecule has 0 aromatic heterocycles. The van der Waals surface area contributed by atoms with Crippen molar-refractivity contribution in [2.75, 3.05) is 6.61 Å². The van der Waals surface area contributed by atoms with Crippen molar-refractivity contribution < 1.29 is 27.4 Å². The summed E-state index contributed by atoms with van der Waals surface area (Å²) in [6.07, 6.45) is -4.47. The molecule has 7 heteroatoms. The summed E-state index contributed by atoms with van der Waals surface area (Å²) in [5.74, 6) is -0.536. The number of nitriles is 1. The maximum Gasteiger partial charge on any atom is 0.422 e. The molecule has 0 fully saturated rings. The number of hydrogen-bond donors (Lipinski definition) is 0. The van der Waals surface area contributed by atoms with Crippen LogP contribution in [0.2, 0.25) is 0 Å². The third-order valence-electron chi connectivity index (χ3n) is 3.29. The summed E-state index contributed by atoms with van der Waals surface area (Å²) < 4.78 is 47.1. The lowest BCUT2D eigenvalue weighted by atomic mass is 10.0. The Morgan fingerprint density at radius 3 is 2.19 bits per heavy atom. The van der Waals surface area contributed by atoms with Gasteiger partial charge in [-0.1, -0.05) is 12.1 Å². The van der Waals surface area contributed by atoms with Gasteiger partial charge in [0.25, 0.3) is 0 Å². The fraction of sp³-hybridized carbons (Fsp3) is 0.300. The van der Waals surface area contributed by atoms with Gasteiger partial charge in [-0.25, -0.2) is 4.79 Å². The highest BCUT2D eigenvalue weighted by atomic mass is 19.4. The number of carbonyl (C=O) groups is 1. The summed E-state index contributed by atoms with van der Waals surface area (Å²) in [4.78, 5) is 12.1. The first-order valence-electron chi connectivity index (χ1n) is 8.05. The van der Waals surface area contributed by atoms with Crippen LogP contribution in [-0.4, -0.2) is 24.4 Å². The van der Waals surface area contributed by atoms with E-state index in [9.17, 15) is 18.0 Å². The number of alkyl halides is 3. The van der Waals surface area contributed by atoms with Crippen molar-refractivity contribution >= 4 is 5.97 Å². The molecule has 2 aromatic rings. The minimum atomic E-state index is -4.47. The van der Waals surface area contributed by atoms with Crippen LogP contribution in [0.4, 0.5) is 13.2 Å². The molecule has 2 aromatic carbocycles. The van der Waals surface area contributed by atoms with E-state index in [4.69, 9.17) is 14.7 Å². The van der Waals surface area contributed by atoms with Crippen LogP contribution in [0.1, 0.15) is 36.7 Å². The molecule has 0 saturated carbocycles. The van der Waals surface area contributed by atoms with Gasteiger partial charge in [-0.05, 0) is 62.2 Å². The molecule has 0 aliphatic carbocycles. The number of rotatable bonds is 4. The fourth-order valence-corrected chi connectivity index (χ4v) is 2.21. The predicted molar refractivity (Wildman–Crippen MR) is 93.3 cm³/mol. The summed E-state index contributed by atoms with van der Waals surface area (Å²) in [6, 6.07) is 12.4. The molecule has 0 bridgehead atoms. The Bertz CT molecular complexity index is 860. The van der Waals surface area contributed by atoms with Crippen LogP contribution in [0.25, 0.3) is 11.1 Å². The van der Waals surface area contributed by atoms with Gasteiger partial charge in [-0.15, -0.1) is 0 Å². The Morgan fingerprint density at radius 2 is 1.67 bits per heavy atom. The van der Waals surface area contributed by atoms with Crippen molar-refractivity contribution in [1.82, 2.24) is 0 Å². The Kier molecular flexibility index (Phi) is 5.79. The topological polar surface area (TPSA) is 59.3 Å². The summed E-state index contributed by atoms with van der Waals surface area (Å²) in [6.45, 7) is 3.83. The number of ether oxygens (including phenoxy) is 2. The number of carbonyl (C=O) groups excluding carboxylic acids is 1. The molecule has 0 spiro atoms. The van der Waals surface area contributed by atoms with E-state index in [1.165, 1.54) is 18.2 Å². The maximum absolute atomic E-state index is 12.4. The molecule has 0 amide bonds. The zero-order chi connectivity index (χ0) is 20.2. The van der Waals surface area contributed by atoms with Crippen LogP contribution in [0.5, 0.6) is 5.75 Å². The number of hydrogen-bond acceptors (Lipinski definition) is 4. The molecule has 0 saturated heterocycles. The number of halogens is 3. The summed E-state index contributed by atoms with van der Waals surface area (Å²) in [5, 5.41) is 9.10. The molecule has 0 aliphatic heterocycles. The monoisotopic (exact) mass is 377 g/mol. The second-order valence-electron chi connectivity index (χ2n) is 6.84.